The number of rotatable bonds is 6. The fraction of sp³-hybridized carbons (Fsp3) is 0.118. The Morgan fingerprint density at radius 1 is 1.17 bits per heavy atom. The normalized spacial score (nSPS) is 9.96. The number of hydrazine groups is 1. The van der Waals surface area contributed by atoms with E-state index < -0.39 is 5.91 Å². The number of aromatic hydroxyl groups is 2. The molecule has 0 radical (unpaired) electrons. The van der Waals surface area contributed by atoms with E-state index in [0.717, 1.165) is 5.56 Å². The molecule has 4 N–H and O–H groups in total. The Morgan fingerprint density at radius 2 is 1.91 bits per heavy atom. The first-order chi connectivity index (χ1) is 11.0. The highest BCUT2D eigenvalue weighted by atomic mass is 16.5. The van der Waals surface area contributed by atoms with Gasteiger partial charge in [-0.15, -0.1) is 0 Å². The van der Waals surface area contributed by atoms with E-state index >= 15 is 0 Å². The lowest BCUT2D eigenvalue weighted by Crippen LogP contribution is -2.39. The standard InChI is InChI=1S/C17H18N2O4/c1-11-5-3-4-6-16(11)23-10-17(22)19-18-12(2)14-9-13(20)7-8-15(14)21/h3-9,18,20-21H,2,10H2,1H3,(H,19,22). The zero-order valence-electron chi connectivity index (χ0n) is 12.7. The van der Waals surface area contributed by atoms with E-state index in [2.05, 4.69) is 17.4 Å². The number of para-hydroxylation sites is 1. The average molecular weight is 314 g/mol. The van der Waals surface area contributed by atoms with Crippen LogP contribution in [0.4, 0.5) is 0 Å². The van der Waals surface area contributed by atoms with Crippen molar-refractivity contribution < 1.29 is 19.7 Å². The first kappa shape index (κ1) is 16.2. The van der Waals surface area contributed by atoms with E-state index in [-0.39, 0.29) is 29.4 Å². The second-order valence-electron chi connectivity index (χ2n) is 4.91. The molecule has 0 saturated heterocycles. The first-order valence-electron chi connectivity index (χ1n) is 6.92. The summed E-state index contributed by atoms with van der Waals surface area (Å²) >= 11 is 0. The van der Waals surface area contributed by atoms with Crippen molar-refractivity contribution in [3.63, 3.8) is 0 Å². The van der Waals surface area contributed by atoms with E-state index in [1.165, 1.54) is 18.2 Å². The van der Waals surface area contributed by atoms with Gasteiger partial charge in [-0.25, -0.2) is 0 Å². The molecule has 6 nitrogen and oxygen atoms in total. The number of carbonyl (C=O) groups is 1. The van der Waals surface area contributed by atoms with Crippen molar-refractivity contribution in [3.8, 4) is 17.2 Å². The summed E-state index contributed by atoms with van der Waals surface area (Å²) in [5, 5.41) is 19.1. The first-order valence-corrected chi connectivity index (χ1v) is 6.92. The Bertz CT molecular complexity index is 728. The zero-order valence-corrected chi connectivity index (χ0v) is 12.7. The quantitative estimate of drug-likeness (QED) is 0.484. The number of hydrogen-bond donors (Lipinski definition) is 4. The van der Waals surface area contributed by atoms with Crippen LogP contribution in [-0.4, -0.2) is 22.7 Å². The number of amides is 1. The molecule has 1 amide bonds. The van der Waals surface area contributed by atoms with Crippen molar-refractivity contribution in [3.05, 3.63) is 60.2 Å². The van der Waals surface area contributed by atoms with Crippen LogP contribution in [0.25, 0.3) is 5.70 Å². The number of hydrogen-bond acceptors (Lipinski definition) is 5. The summed E-state index contributed by atoms with van der Waals surface area (Å²) in [5.41, 5.74) is 6.44. The number of nitrogens with one attached hydrogen (secondary N) is 2. The van der Waals surface area contributed by atoms with Gasteiger partial charge in [0.05, 0.1) is 5.70 Å². The van der Waals surface area contributed by atoms with Crippen LogP contribution < -0.4 is 15.6 Å². The molecule has 2 aromatic rings. The topological polar surface area (TPSA) is 90.8 Å². The third kappa shape index (κ3) is 4.41. The van der Waals surface area contributed by atoms with E-state index in [1.54, 1.807) is 6.07 Å². The average Bonchev–Trinajstić information content (AvgIpc) is 2.54. The molecule has 0 spiro atoms. The van der Waals surface area contributed by atoms with Crippen LogP contribution in [0.5, 0.6) is 17.2 Å². The molecular formula is C17H18N2O4. The van der Waals surface area contributed by atoms with Gasteiger partial charge in [0.25, 0.3) is 5.91 Å². The maximum atomic E-state index is 11.8. The lowest BCUT2D eigenvalue weighted by Gasteiger charge is -2.13. The molecule has 2 aromatic carbocycles. The molecule has 0 saturated carbocycles. The summed E-state index contributed by atoms with van der Waals surface area (Å²) in [6.45, 7) is 5.41. The molecule has 0 aliphatic carbocycles. The Balaban J connectivity index is 1.86. The summed E-state index contributed by atoms with van der Waals surface area (Å²) in [5.74, 6) is 0.141. The molecule has 120 valence electrons. The lowest BCUT2D eigenvalue weighted by atomic mass is 10.1. The summed E-state index contributed by atoms with van der Waals surface area (Å²) < 4.78 is 5.41. The van der Waals surface area contributed by atoms with Crippen molar-refractivity contribution in [2.75, 3.05) is 6.61 Å². The smallest absolute Gasteiger partial charge is 0.276 e. The maximum absolute atomic E-state index is 11.8. The SMILES string of the molecule is C=C(NNC(=O)COc1ccccc1C)c1cc(O)ccc1O. The van der Waals surface area contributed by atoms with Gasteiger partial charge in [-0.05, 0) is 36.8 Å². The molecule has 23 heavy (non-hydrogen) atoms. The Hall–Kier alpha value is -3.15. The highest BCUT2D eigenvalue weighted by molar-refractivity contribution is 5.79. The molecule has 0 aromatic heterocycles. The van der Waals surface area contributed by atoms with Crippen molar-refractivity contribution in [2.45, 2.75) is 6.92 Å². The number of phenolic OH excluding ortho intramolecular Hbond substituents is 2. The number of phenols is 2. The van der Waals surface area contributed by atoms with Crippen LogP contribution in [0.15, 0.2) is 49.0 Å². The van der Waals surface area contributed by atoms with Gasteiger partial charge in [0, 0.05) is 5.56 Å². The van der Waals surface area contributed by atoms with Gasteiger partial charge in [-0.1, -0.05) is 24.8 Å². The number of aryl methyl sites for hydroxylation is 1. The molecule has 6 heteroatoms. The summed E-state index contributed by atoms with van der Waals surface area (Å²) in [6, 6.07) is 11.4. The predicted molar refractivity (Wildman–Crippen MR) is 86.8 cm³/mol. The molecule has 2 rings (SSSR count). The minimum Gasteiger partial charge on any atom is -0.508 e. The molecule has 0 unspecified atom stereocenters. The van der Waals surface area contributed by atoms with Crippen molar-refractivity contribution in [1.82, 2.24) is 10.9 Å². The van der Waals surface area contributed by atoms with Crippen molar-refractivity contribution in [1.29, 1.82) is 0 Å². The highest BCUT2D eigenvalue weighted by Gasteiger charge is 2.08. The minimum atomic E-state index is -0.408. The van der Waals surface area contributed by atoms with Gasteiger partial charge in [0.2, 0.25) is 0 Å². The van der Waals surface area contributed by atoms with E-state index in [0.29, 0.717) is 5.75 Å². The zero-order chi connectivity index (χ0) is 16.8. The Labute approximate surface area is 134 Å². The van der Waals surface area contributed by atoms with Gasteiger partial charge >= 0.3 is 0 Å². The van der Waals surface area contributed by atoms with Crippen LogP contribution >= 0.6 is 0 Å². The Morgan fingerprint density at radius 3 is 2.65 bits per heavy atom. The van der Waals surface area contributed by atoms with E-state index in [4.69, 9.17) is 4.74 Å². The summed E-state index contributed by atoms with van der Waals surface area (Å²) in [7, 11) is 0. The Kier molecular flexibility index (Phi) is 5.09. The minimum absolute atomic E-state index is 0.0186. The second-order valence-corrected chi connectivity index (χ2v) is 4.91. The van der Waals surface area contributed by atoms with Crippen LogP contribution in [0, 0.1) is 6.92 Å². The van der Waals surface area contributed by atoms with Gasteiger partial charge in [0.15, 0.2) is 6.61 Å². The summed E-state index contributed by atoms with van der Waals surface area (Å²) in [6.07, 6.45) is 0. The van der Waals surface area contributed by atoms with Gasteiger partial charge in [-0.3, -0.25) is 15.6 Å². The largest absolute Gasteiger partial charge is 0.508 e. The molecule has 0 bridgehead atoms. The third-order valence-electron chi connectivity index (χ3n) is 3.11. The monoisotopic (exact) mass is 314 g/mol. The van der Waals surface area contributed by atoms with Gasteiger partial charge in [-0.2, -0.15) is 0 Å². The molecule has 0 aliphatic rings. The molecule has 0 heterocycles. The van der Waals surface area contributed by atoms with Gasteiger partial charge in [0.1, 0.15) is 17.2 Å². The highest BCUT2D eigenvalue weighted by Crippen LogP contribution is 2.26. The molecule has 0 fully saturated rings. The fourth-order valence-electron chi connectivity index (χ4n) is 1.88. The summed E-state index contributed by atoms with van der Waals surface area (Å²) in [4.78, 5) is 11.8. The fourth-order valence-corrected chi connectivity index (χ4v) is 1.88. The lowest BCUT2D eigenvalue weighted by molar-refractivity contribution is -0.123. The second kappa shape index (κ2) is 7.22. The molecule has 0 atom stereocenters. The van der Waals surface area contributed by atoms with Crippen LogP contribution in [0.3, 0.4) is 0 Å². The molecule has 0 aliphatic heterocycles. The predicted octanol–water partition coefficient (Wildman–Crippen LogP) is 2.08. The van der Waals surface area contributed by atoms with Crippen LogP contribution in [0.2, 0.25) is 0 Å². The van der Waals surface area contributed by atoms with Gasteiger partial charge < -0.3 is 14.9 Å². The number of ether oxygens (including phenoxy) is 1. The third-order valence-corrected chi connectivity index (χ3v) is 3.11. The van der Waals surface area contributed by atoms with Crippen molar-refractivity contribution in [2.24, 2.45) is 0 Å². The number of benzene rings is 2. The van der Waals surface area contributed by atoms with E-state index in [9.17, 15) is 15.0 Å². The van der Waals surface area contributed by atoms with Crippen LogP contribution in [-0.2, 0) is 4.79 Å². The maximum Gasteiger partial charge on any atom is 0.276 e. The number of carbonyl (C=O) groups excluding carboxylic acids is 1. The van der Waals surface area contributed by atoms with Crippen LogP contribution in [0.1, 0.15) is 11.1 Å². The molecular weight excluding hydrogens is 296 g/mol. The van der Waals surface area contributed by atoms with E-state index in [1.807, 2.05) is 25.1 Å². The van der Waals surface area contributed by atoms with Crippen molar-refractivity contribution >= 4 is 11.6 Å².